The van der Waals surface area contributed by atoms with E-state index in [9.17, 15) is 4.79 Å². The number of piperidine rings is 1. The molecule has 82 valence electrons. The largest absolute Gasteiger partial charge is 0.395 e. The molecule has 4 heteroatoms. The van der Waals surface area contributed by atoms with Crippen molar-refractivity contribution in [2.45, 2.75) is 25.8 Å². The second-order valence-electron chi connectivity index (χ2n) is 3.97. The highest BCUT2D eigenvalue weighted by Gasteiger charge is 2.29. The van der Waals surface area contributed by atoms with Gasteiger partial charge in [-0.2, -0.15) is 0 Å². The molecule has 14 heavy (non-hydrogen) atoms. The molecular weight excluding hydrogens is 180 g/mol. The first-order valence-corrected chi connectivity index (χ1v) is 5.26. The zero-order valence-corrected chi connectivity index (χ0v) is 8.99. The summed E-state index contributed by atoms with van der Waals surface area (Å²) in [6.45, 7) is 3.53. The number of hydrogen-bond donors (Lipinski definition) is 2. The molecule has 2 atom stereocenters. The fourth-order valence-corrected chi connectivity index (χ4v) is 1.92. The number of amides is 1. The molecule has 0 aromatic carbocycles. The number of likely N-dealkylation sites (N-methyl/N-ethyl adjacent to an activating group) is 1. The van der Waals surface area contributed by atoms with Gasteiger partial charge in [0.2, 0.25) is 5.91 Å². The van der Waals surface area contributed by atoms with Crippen LogP contribution in [0.15, 0.2) is 0 Å². The first kappa shape index (κ1) is 11.5. The van der Waals surface area contributed by atoms with Gasteiger partial charge in [0.25, 0.3) is 0 Å². The maximum Gasteiger partial charge on any atom is 0.227 e. The number of rotatable bonds is 3. The zero-order valence-electron chi connectivity index (χ0n) is 8.99. The summed E-state index contributed by atoms with van der Waals surface area (Å²) in [5, 5.41) is 12.0. The number of aliphatic hydroxyl groups excluding tert-OH is 1. The maximum atomic E-state index is 11.9. The molecule has 1 aliphatic rings. The van der Waals surface area contributed by atoms with Crippen LogP contribution in [0.1, 0.15) is 19.8 Å². The van der Waals surface area contributed by atoms with E-state index in [1.54, 1.807) is 11.9 Å². The topological polar surface area (TPSA) is 52.6 Å². The highest BCUT2D eigenvalue weighted by molar-refractivity contribution is 5.79. The van der Waals surface area contributed by atoms with Gasteiger partial charge < -0.3 is 15.3 Å². The van der Waals surface area contributed by atoms with Crippen LogP contribution < -0.4 is 5.32 Å². The van der Waals surface area contributed by atoms with E-state index < -0.39 is 0 Å². The van der Waals surface area contributed by atoms with Gasteiger partial charge in [-0.1, -0.05) is 0 Å². The number of aliphatic hydroxyl groups is 1. The van der Waals surface area contributed by atoms with Crippen LogP contribution in [0.4, 0.5) is 0 Å². The van der Waals surface area contributed by atoms with Crippen LogP contribution in [-0.4, -0.2) is 48.7 Å². The Morgan fingerprint density at radius 1 is 1.64 bits per heavy atom. The minimum atomic E-state index is 0.0385. The van der Waals surface area contributed by atoms with Gasteiger partial charge in [-0.25, -0.2) is 0 Å². The number of carbonyl (C=O) groups excluding carboxylic acids is 1. The minimum Gasteiger partial charge on any atom is -0.395 e. The normalized spacial score (nSPS) is 27.4. The molecule has 1 saturated heterocycles. The van der Waals surface area contributed by atoms with Gasteiger partial charge in [-0.05, 0) is 26.3 Å². The van der Waals surface area contributed by atoms with E-state index in [2.05, 4.69) is 12.2 Å². The molecule has 0 aliphatic carbocycles. The van der Waals surface area contributed by atoms with Gasteiger partial charge in [0.15, 0.2) is 0 Å². The van der Waals surface area contributed by atoms with Gasteiger partial charge in [-0.3, -0.25) is 4.79 Å². The summed E-state index contributed by atoms with van der Waals surface area (Å²) in [6.07, 6.45) is 2.02. The van der Waals surface area contributed by atoms with E-state index in [1.165, 1.54) is 0 Å². The van der Waals surface area contributed by atoms with Crippen LogP contribution in [0.25, 0.3) is 0 Å². The standard InChI is InChI=1S/C10H20N2O2/c1-8-9(4-3-5-11-8)10(14)12(2)6-7-13/h8-9,11,13H,3-7H2,1-2H3. The first-order valence-electron chi connectivity index (χ1n) is 5.26. The second-order valence-corrected chi connectivity index (χ2v) is 3.97. The molecule has 0 saturated carbocycles. The number of nitrogens with zero attached hydrogens (tertiary/aromatic N) is 1. The molecule has 1 rings (SSSR count). The van der Waals surface area contributed by atoms with Crippen molar-refractivity contribution in [2.24, 2.45) is 5.92 Å². The predicted molar refractivity (Wildman–Crippen MR) is 54.9 cm³/mol. The first-order chi connectivity index (χ1) is 6.66. The Morgan fingerprint density at radius 3 is 2.93 bits per heavy atom. The lowest BCUT2D eigenvalue weighted by Gasteiger charge is -2.31. The van der Waals surface area contributed by atoms with Crippen LogP contribution in [0.2, 0.25) is 0 Å². The summed E-state index contributed by atoms with van der Waals surface area (Å²) < 4.78 is 0. The molecule has 2 unspecified atom stereocenters. The molecule has 1 aliphatic heterocycles. The number of carbonyl (C=O) groups is 1. The fraction of sp³-hybridized carbons (Fsp3) is 0.900. The van der Waals surface area contributed by atoms with Gasteiger partial charge in [0.05, 0.1) is 12.5 Å². The Labute approximate surface area is 85.3 Å². The van der Waals surface area contributed by atoms with Crippen LogP contribution in [0.5, 0.6) is 0 Å². The Hall–Kier alpha value is -0.610. The van der Waals surface area contributed by atoms with Crippen LogP contribution in [0, 0.1) is 5.92 Å². The van der Waals surface area contributed by atoms with Crippen LogP contribution in [0.3, 0.4) is 0 Å². The molecule has 0 spiro atoms. The molecule has 2 N–H and O–H groups in total. The van der Waals surface area contributed by atoms with Gasteiger partial charge in [0, 0.05) is 19.6 Å². The van der Waals surface area contributed by atoms with E-state index >= 15 is 0 Å². The Kier molecular flexibility index (Phi) is 4.35. The third-order valence-electron chi connectivity index (χ3n) is 2.89. The summed E-state index contributed by atoms with van der Waals surface area (Å²) in [4.78, 5) is 13.5. The van der Waals surface area contributed by atoms with Crippen molar-refractivity contribution >= 4 is 5.91 Å². The molecule has 1 amide bonds. The zero-order chi connectivity index (χ0) is 10.6. The van der Waals surface area contributed by atoms with E-state index in [0.717, 1.165) is 19.4 Å². The number of hydrogen-bond acceptors (Lipinski definition) is 3. The summed E-state index contributed by atoms with van der Waals surface area (Å²) in [7, 11) is 1.75. The fourth-order valence-electron chi connectivity index (χ4n) is 1.92. The second kappa shape index (κ2) is 5.32. The van der Waals surface area contributed by atoms with E-state index in [1.807, 2.05) is 0 Å². The average Bonchev–Trinajstić information content (AvgIpc) is 2.18. The molecule has 1 fully saturated rings. The third kappa shape index (κ3) is 2.69. The van der Waals surface area contributed by atoms with Crippen molar-refractivity contribution < 1.29 is 9.90 Å². The molecule has 0 aromatic rings. The third-order valence-corrected chi connectivity index (χ3v) is 2.89. The highest BCUT2D eigenvalue weighted by atomic mass is 16.3. The Balaban J connectivity index is 2.49. The molecule has 4 nitrogen and oxygen atoms in total. The molecule has 0 bridgehead atoms. The van der Waals surface area contributed by atoms with Crippen LogP contribution >= 0.6 is 0 Å². The quantitative estimate of drug-likeness (QED) is 0.665. The van der Waals surface area contributed by atoms with E-state index in [4.69, 9.17) is 5.11 Å². The SMILES string of the molecule is CC1NCCCC1C(=O)N(C)CCO. The lowest BCUT2D eigenvalue weighted by molar-refractivity contribution is -0.136. The summed E-state index contributed by atoms with van der Waals surface area (Å²) in [6, 6.07) is 0.261. The van der Waals surface area contributed by atoms with Crippen molar-refractivity contribution in [1.29, 1.82) is 0 Å². The smallest absolute Gasteiger partial charge is 0.227 e. The molecule has 0 aromatic heterocycles. The maximum absolute atomic E-state index is 11.9. The molecule has 0 radical (unpaired) electrons. The van der Waals surface area contributed by atoms with E-state index in [-0.39, 0.29) is 24.5 Å². The van der Waals surface area contributed by atoms with Gasteiger partial charge in [-0.15, -0.1) is 0 Å². The Morgan fingerprint density at radius 2 is 2.36 bits per heavy atom. The predicted octanol–water partition coefficient (Wildman–Crippen LogP) is -0.175. The molecular formula is C10H20N2O2. The number of nitrogens with one attached hydrogen (secondary N) is 1. The monoisotopic (exact) mass is 200 g/mol. The summed E-state index contributed by atoms with van der Waals surface area (Å²) >= 11 is 0. The summed E-state index contributed by atoms with van der Waals surface area (Å²) in [5.41, 5.74) is 0. The lowest BCUT2D eigenvalue weighted by Crippen LogP contribution is -2.47. The Bertz CT molecular complexity index is 197. The van der Waals surface area contributed by atoms with E-state index in [0.29, 0.717) is 6.54 Å². The van der Waals surface area contributed by atoms with Crippen LogP contribution in [-0.2, 0) is 4.79 Å². The summed E-state index contributed by atoms with van der Waals surface area (Å²) in [5.74, 6) is 0.235. The van der Waals surface area contributed by atoms with Crippen molar-refractivity contribution in [3.05, 3.63) is 0 Å². The average molecular weight is 200 g/mol. The highest BCUT2D eigenvalue weighted by Crippen LogP contribution is 2.18. The van der Waals surface area contributed by atoms with Gasteiger partial charge >= 0.3 is 0 Å². The van der Waals surface area contributed by atoms with Gasteiger partial charge in [0.1, 0.15) is 0 Å². The minimum absolute atomic E-state index is 0.0385. The lowest BCUT2D eigenvalue weighted by atomic mass is 9.91. The van der Waals surface area contributed by atoms with Crippen molar-refractivity contribution in [2.75, 3.05) is 26.7 Å². The van der Waals surface area contributed by atoms with Crippen molar-refractivity contribution in [3.63, 3.8) is 0 Å². The van der Waals surface area contributed by atoms with Crippen molar-refractivity contribution in [3.8, 4) is 0 Å². The molecule has 1 heterocycles. The van der Waals surface area contributed by atoms with Crippen molar-refractivity contribution in [1.82, 2.24) is 10.2 Å².